The molecule has 4 nitrogen and oxygen atoms in total. The topological polar surface area (TPSA) is 46.9 Å². The summed E-state index contributed by atoms with van der Waals surface area (Å²) in [5, 5.41) is 7.49. The third kappa shape index (κ3) is 2.95. The van der Waals surface area contributed by atoms with E-state index in [0.717, 1.165) is 29.9 Å². The average molecular weight is 331 g/mol. The molecule has 1 heterocycles. The third-order valence-corrected chi connectivity index (χ3v) is 4.90. The standard InChI is InChI=1S/C21H21N3O/c1-15-19(14-22-24(15)17-10-3-2-4-11-17)21(25)23-20-13-7-9-16-8-5-6-12-18(16)20/h2-4,7,9-11,13-14H,5-6,8,12H2,1H3,(H,23,25). The quantitative estimate of drug-likeness (QED) is 0.777. The molecule has 0 aliphatic heterocycles. The fourth-order valence-electron chi connectivity index (χ4n) is 3.55. The summed E-state index contributed by atoms with van der Waals surface area (Å²) in [5.41, 5.74) is 5.99. The molecule has 0 unspecified atom stereocenters. The summed E-state index contributed by atoms with van der Waals surface area (Å²) in [5.74, 6) is -0.0985. The van der Waals surface area contributed by atoms with Gasteiger partial charge in [0.25, 0.3) is 5.91 Å². The first kappa shape index (κ1) is 15.6. The summed E-state index contributed by atoms with van der Waals surface area (Å²) < 4.78 is 1.80. The average Bonchev–Trinajstić information content (AvgIpc) is 3.04. The van der Waals surface area contributed by atoms with E-state index in [-0.39, 0.29) is 5.91 Å². The molecule has 1 amide bonds. The van der Waals surface area contributed by atoms with Gasteiger partial charge in [-0.25, -0.2) is 4.68 Å². The van der Waals surface area contributed by atoms with Crippen molar-refractivity contribution < 1.29 is 4.79 Å². The number of hydrogen-bond acceptors (Lipinski definition) is 2. The molecule has 1 aliphatic rings. The van der Waals surface area contributed by atoms with Crippen LogP contribution in [0.5, 0.6) is 0 Å². The maximum absolute atomic E-state index is 12.8. The highest BCUT2D eigenvalue weighted by molar-refractivity contribution is 6.05. The van der Waals surface area contributed by atoms with E-state index in [0.29, 0.717) is 5.56 Å². The van der Waals surface area contributed by atoms with Crippen LogP contribution in [0.15, 0.2) is 54.7 Å². The lowest BCUT2D eigenvalue weighted by molar-refractivity contribution is 0.102. The van der Waals surface area contributed by atoms with Gasteiger partial charge in [0.05, 0.1) is 23.1 Å². The summed E-state index contributed by atoms with van der Waals surface area (Å²) in [6.07, 6.45) is 6.20. The maximum Gasteiger partial charge on any atom is 0.259 e. The molecule has 0 fully saturated rings. The SMILES string of the molecule is Cc1c(C(=O)Nc2cccc3c2CCCC3)cnn1-c1ccccc1. The van der Waals surface area contributed by atoms with Gasteiger partial charge in [-0.1, -0.05) is 30.3 Å². The third-order valence-electron chi connectivity index (χ3n) is 4.90. The minimum Gasteiger partial charge on any atom is -0.322 e. The van der Waals surface area contributed by atoms with Crippen LogP contribution in [0.2, 0.25) is 0 Å². The lowest BCUT2D eigenvalue weighted by Crippen LogP contribution is -2.16. The number of aromatic nitrogens is 2. The molecule has 3 aromatic rings. The van der Waals surface area contributed by atoms with Crippen molar-refractivity contribution in [3.63, 3.8) is 0 Å². The number of nitrogens with one attached hydrogen (secondary N) is 1. The fourth-order valence-corrected chi connectivity index (χ4v) is 3.55. The Morgan fingerprint density at radius 3 is 2.68 bits per heavy atom. The number of carbonyl (C=O) groups is 1. The number of nitrogens with zero attached hydrogens (tertiary/aromatic N) is 2. The van der Waals surface area contributed by atoms with Crippen molar-refractivity contribution in [2.45, 2.75) is 32.6 Å². The molecule has 0 spiro atoms. The largest absolute Gasteiger partial charge is 0.322 e. The Kier molecular flexibility index (Phi) is 4.10. The van der Waals surface area contributed by atoms with Crippen molar-refractivity contribution in [2.24, 2.45) is 0 Å². The van der Waals surface area contributed by atoms with Crippen LogP contribution in [0.4, 0.5) is 5.69 Å². The first-order chi connectivity index (χ1) is 12.2. The van der Waals surface area contributed by atoms with E-state index in [1.54, 1.807) is 10.9 Å². The monoisotopic (exact) mass is 331 g/mol. The van der Waals surface area contributed by atoms with Gasteiger partial charge in [-0.3, -0.25) is 4.79 Å². The fraction of sp³-hybridized carbons (Fsp3) is 0.238. The zero-order valence-corrected chi connectivity index (χ0v) is 14.3. The second-order valence-electron chi connectivity index (χ2n) is 6.50. The van der Waals surface area contributed by atoms with Gasteiger partial charge >= 0.3 is 0 Å². The van der Waals surface area contributed by atoms with Gasteiger partial charge in [0.2, 0.25) is 0 Å². The van der Waals surface area contributed by atoms with Crippen LogP contribution in [0, 0.1) is 6.92 Å². The van der Waals surface area contributed by atoms with E-state index in [1.807, 2.05) is 49.4 Å². The van der Waals surface area contributed by atoms with E-state index in [2.05, 4.69) is 16.5 Å². The number of para-hydroxylation sites is 1. The Balaban J connectivity index is 1.62. The van der Waals surface area contributed by atoms with Crippen molar-refractivity contribution in [3.8, 4) is 5.69 Å². The molecule has 0 radical (unpaired) electrons. The van der Waals surface area contributed by atoms with Crippen molar-refractivity contribution in [2.75, 3.05) is 5.32 Å². The molecule has 1 aliphatic carbocycles. The molecular weight excluding hydrogens is 310 g/mol. The molecule has 0 atom stereocenters. The Bertz CT molecular complexity index is 912. The van der Waals surface area contributed by atoms with Crippen LogP contribution >= 0.6 is 0 Å². The highest BCUT2D eigenvalue weighted by atomic mass is 16.1. The molecule has 4 heteroatoms. The predicted molar refractivity (Wildman–Crippen MR) is 99.3 cm³/mol. The molecule has 0 saturated heterocycles. The van der Waals surface area contributed by atoms with Crippen LogP contribution in [0.25, 0.3) is 5.69 Å². The zero-order chi connectivity index (χ0) is 17.2. The van der Waals surface area contributed by atoms with Gasteiger partial charge in [-0.2, -0.15) is 5.10 Å². The molecule has 4 rings (SSSR count). The van der Waals surface area contributed by atoms with Crippen LogP contribution in [0.3, 0.4) is 0 Å². The summed E-state index contributed by atoms with van der Waals surface area (Å²) in [4.78, 5) is 12.8. The molecule has 1 N–H and O–H groups in total. The Hall–Kier alpha value is -2.88. The van der Waals surface area contributed by atoms with E-state index >= 15 is 0 Å². The first-order valence-electron chi connectivity index (χ1n) is 8.76. The zero-order valence-electron chi connectivity index (χ0n) is 14.3. The molecule has 126 valence electrons. The maximum atomic E-state index is 12.8. The van der Waals surface area contributed by atoms with Gasteiger partial charge in [0, 0.05) is 5.69 Å². The minimum atomic E-state index is -0.0985. The molecule has 25 heavy (non-hydrogen) atoms. The van der Waals surface area contributed by atoms with Crippen LogP contribution < -0.4 is 5.32 Å². The highest BCUT2D eigenvalue weighted by Crippen LogP contribution is 2.28. The summed E-state index contributed by atoms with van der Waals surface area (Å²) >= 11 is 0. The summed E-state index contributed by atoms with van der Waals surface area (Å²) in [7, 11) is 0. The molecule has 0 bridgehead atoms. The normalized spacial score (nSPS) is 13.3. The number of carbonyl (C=O) groups excluding carboxylic acids is 1. The van der Waals surface area contributed by atoms with Gasteiger partial charge in [0.15, 0.2) is 0 Å². The number of benzene rings is 2. The van der Waals surface area contributed by atoms with Crippen molar-refractivity contribution >= 4 is 11.6 Å². The molecule has 2 aromatic carbocycles. The number of hydrogen-bond donors (Lipinski definition) is 1. The molecular formula is C21H21N3O. The highest BCUT2D eigenvalue weighted by Gasteiger charge is 2.18. The van der Waals surface area contributed by atoms with Crippen molar-refractivity contribution in [1.82, 2.24) is 9.78 Å². The lowest BCUT2D eigenvalue weighted by atomic mass is 9.90. The first-order valence-corrected chi connectivity index (χ1v) is 8.76. The molecule has 0 saturated carbocycles. The number of rotatable bonds is 3. The lowest BCUT2D eigenvalue weighted by Gasteiger charge is -2.19. The number of aryl methyl sites for hydroxylation is 1. The van der Waals surface area contributed by atoms with Crippen molar-refractivity contribution in [3.05, 3.63) is 77.1 Å². The summed E-state index contributed by atoms with van der Waals surface area (Å²) in [6, 6.07) is 16.1. The van der Waals surface area contributed by atoms with E-state index in [1.165, 1.54) is 24.0 Å². The number of amides is 1. The second kappa shape index (κ2) is 6.55. The van der Waals surface area contributed by atoms with Crippen LogP contribution in [0.1, 0.15) is 40.0 Å². The van der Waals surface area contributed by atoms with Crippen LogP contribution in [-0.4, -0.2) is 15.7 Å². The van der Waals surface area contributed by atoms with Gasteiger partial charge in [-0.15, -0.1) is 0 Å². The number of fused-ring (bicyclic) bond motifs is 1. The Morgan fingerprint density at radius 1 is 1.04 bits per heavy atom. The van der Waals surface area contributed by atoms with Crippen molar-refractivity contribution in [1.29, 1.82) is 0 Å². The van der Waals surface area contributed by atoms with E-state index < -0.39 is 0 Å². The predicted octanol–water partition coefficient (Wildman–Crippen LogP) is 4.31. The van der Waals surface area contributed by atoms with E-state index in [4.69, 9.17) is 0 Å². The number of anilines is 1. The van der Waals surface area contributed by atoms with Gasteiger partial charge in [0.1, 0.15) is 0 Å². The van der Waals surface area contributed by atoms with Gasteiger partial charge < -0.3 is 5.32 Å². The smallest absolute Gasteiger partial charge is 0.259 e. The molecule has 1 aromatic heterocycles. The summed E-state index contributed by atoms with van der Waals surface area (Å²) in [6.45, 7) is 1.93. The van der Waals surface area contributed by atoms with Crippen LogP contribution in [-0.2, 0) is 12.8 Å². The minimum absolute atomic E-state index is 0.0985. The van der Waals surface area contributed by atoms with E-state index in [9.17, 15) is 4.79 Å². The Morgan fingerprint density at radius 2 is 1.84 bits per heavy atom. The van der Waals surface area contributed by atoms with Gasteiger partial charge in [-0.05, 0) is 61.9 Å². The Labute approximate surface area is 147 Å². The second-order valence-corrected chi connectivity index (χ2v) is 6.50.